The molecule has 1 aliphatic rings. The summed E-state index contributed by atoms with van der Waals surface area (Å²) in [5.74, 6) is -0.224. The van der Waals surface area contributed by atoms with Gasteiger partial charge in [-0.3, -0.25) is 14.9 Å². The van der Waals surface area contributed by atoms with Crippen LogP contribution < -0.4 is 10.2 Å². The molecule has 4 rings (SSSR count). The van der Waals surface area contributed by atoms with E-state index >= 15 is 0 Å². The van der Waals surface area contributed by atoms with Crippen molar-refractivity contribution in [2.75, 3.05) is 10.2 Å². The molecule has 1 aliphatic heterocycles. The standard InChI is InChI=1S/C23H21N3O2S/c1-16-13-18-9-5-6-10-20(18)26(16)22(28)14-19-15-29-23(24-19)25-21(27)12-11-17-7-3-2-4-8-17/h2-12,15-16H,13-14H2,1H3,(H,24,25,27)/b12-11+. The number of rotatable bonds is 5. The number of para-hydroxylation sites is 1. The van der Waals surface area contributed by atoms with Gasteiger partial charge >= 0.3 is 0 Å². The Morgan fingerprint density at radius 2 is 1.93 bits per heavy atom. The molecule has 29 heavy (non-hydrogen) atoms. The molecule has 1 unspecified atom stereocenters. The number of benzene rings is 2. The van der Waals surface area contributed by atoms with E-state index in [0.29, 0.717) is 10.8 Å². The van der Waals surface area contributed by atoms with E-state index in [1.54, 1.807) is 6.08 Å². The van der Waals surface area contributed by atoms with Crippen LogP contribution in [0.3, 0.4) is 0 Å². The van der Waals surface area contributed by atoms with Crippen LogP contribution in [0.2, 0.25) is 0 Å². The van der Waals surface area contributed by atoms with Crippen LogP contribution in [-0.4, -0.2) is 22.8 Å². The number of hydrogen-bond donors (Lipinski definition) is 1. The van der Waals surface area contributed by atoms with Crippen molar-refractivity contribution in [1.29, 1.82) is 0 Å². The van der Waals surface area contributed by atoms with E-state index in [1.165, 1.54) is 23.0 Å². The van der Waals surface area contributed by atoms with Gasteiger partial charge in [0.05, 0.1) is 12.1 Å². The van der Waals surface area contributed by atoms with E-state index in [4.69, 9.17) is 0 Å². The molecule has 3 aromatic rings. The van der Waals surface area contributed by atoms with E-state index in [-0.39, 0.29) is 24.3 Å². The molecular formula is C23H21N3O2S. The maximum absolute atomic E-state index is 12.9. The van der Waals surface area contributed by atoms with Crippen molar-refractivity contribution in [1.82, 2.24) is 4.98 Å². The minimum absolute atomic E-state index is 0.0228. The first kappa shape index (κ1) is 19.1. The fraction of sp³-hybridized carbons (Fsp3) is 0.174. The van der Waals surface area contributed by atoms with Crippen molar-refractivity contribution in [3.05, 3.63) is 82.9 Å². The highest BCUT2D eigenvalue weighted by Crippen LogP contribution is 2.32. The number of amides is 2. The monoisotopic (exact) mass is 403 g/mol. The largest absolute Gasteiger partial charge is 0.309 e. The van der Waals surface area contributed by atoms with Crippen LogP contribution in [0.5, 0.6) is 0 Å². The number of aromatic nitrogens is 1. The van der Waals surface area contributed by atoms with E-state index in [0.717, 1.165) is 17.7 Å². The fourth-order valence-electron chi connectivity index (χ4n) is 3.51. The van der Waals surface area contributed by atoms with Crippen LogP contribution in [0.15, 0.2) is 66.1 Å². The summed E-state index contributed by atoms with van der Waals surface area (Å²) in [6.07, 6.45) is 4.31. The van der Waals surface area contributed by atoms with Gasteiger partial charge in [-0.15, -0.1) is 11.3 Å². The van der Waals surface area contributed by atoms with Gasteiger partial charge in [0.25, 0.3) is 0 Å². The van der Waals surface area contributed by atoms with Crippen molar-refractivity contribution >= 4 is 40.0 Å². The number of carbonyl (C=O) groups excluding carboxylic acids is 2. The third kappa shape index (κ3) is 4.43. The molecule has 1 aromatic heterocycles. The van der Waals surface area contributed by atoms with Gasteiger partial charge < -0.3 is 4.90 Å². The maximum Gasteiger partial charge on any atom is 0.250 e. The molecule has 0 bridgehead atoms. The van der Waals surface area contributed by atoms with Gasteiger partial charge in [0.2, 0.25) is 11.8 Å². The lowest BCUT2D eigenvalue weighted by molar-refractivity contribution is -0.118. The molecule has 0 aliphatic carbocycles. The van der Waals surface area contributed by atoms with E-state index in [9.17, 15) is 9.59 Å². The third-order valence-electron chi connectivity index (χ3n) is 4.82. The first-order chi connectivity index (χ1) is 14.1. The van der Waals surface area contributed by atoms with Crippen molar-refractivity contribution in [2.45, 2.75) is 25.8 Å². The number of thiazole rings is 1. The molecule has 0 fully saturated rings. The highest BCUT2D eigenvalue weighted by Gasteiger charge is 2.30. The SMILES string of the molecule is CC1Cc2ccccc2N1C(=O)Cc1csc(NC(=O)/C=C/c2ccccc2)n1. The van der Waals surface area contributed by atoms with Gasteiger partial charge in [-0.05, 0) is 36.6 Å². The van der Waals surface area contributed by atoms with Crippen LogP contribution in [0, 0.1) is 0 Å². The topological polar surface area (TPSA) is 62.3 Å². The zero-order chi connectivity index (χ0) is 20.2. The lowest BCUT2D eigenvalue weighted by Crippen LogP contribution is -2.36. The average Bonchev–Trinajstić information content (AvgIpc) is 3.29. The van der Waals surface area contributed by atoms with Crippen molar-refractivity contribution in [2.24, 2.45) is 0 Å². The number of fused-ring (bicyclic) bond motifs is 1. The predicted molar refractivity (Wildman–Crippen MR) is 117 cm³/mol. The zero-order valence-electron chi connectivity index (χ0n) is 16.0. The molecule has 2 heterocycles. The minimum Gasteiger partial charge on any atom is -0.309 e. The molecule has 0 radical (unpaired) electrons. The molecule has 2 aromatic carbocycles. The smallest absolute Gasteiger partial charge is 0.250 e. The van der Waals surface area contributed by atoms with Crippen LogP contribution in [0.25, 0.3) is 6.08 Å². The second-order valence-electron chi connectivity index (χ2n) is 7.00. The Morgan fingerprint density at radius 1 is 1.17 bits per heavy atom. The Labute approximate surface area is 173 Å². The van der Waals surface area contributed by atoms with Crippen LogP contribution in [0.1, 0.15) is 23.7 Å². The maximum atomic E-state index is 12.9. The van der Waals surface area contributed by atoms with Gasteiger partial charge in [-0.25, -0.2) is 4.98 Å². The summed E-state index contributed by atoms with van der Waals surface area (Å²) in [5, 5.41) is 5.07. The number of nitrogens with zero attached hydrogens (tertiary/aromatic N) is 2. The number of anilines is 2. The van der Waals surface area contributed by atoms with E-state index in [1.807, 2.05) is 58.8 Å². The van der Waals surface area contributed by atoms with Gasteiger partial charge in [0.15, 0.2) is 5.13 Å². The van der Waals surface area contributed by atoms with Crippen molar-refractivity contribution in [3.8, 4) is 0 Å². The molecule has 0 spiro atoms. The molecule has 1 N–H and O–H groups in total. The Hall–Kier alpha value is -3.25. The van der Waals surface area contributed by atoms with Crippen LogP contribution in [0.4, 0.5) is 10.8 Å². The quantitative estimate of drug-likeness (QED) is 0.646. The Bertz CT molecular complexity index is 1060. The third-order valence-corrected chi connectivity index (χ3v) is 5.62. The normalized spacial score (nSPS) is 15.5. The minimum atomic E-state index is -0.247. The summed E-state index contributed by atoms with van der Waals surface area (Å²) >= 11 is 1.32. The first-order valence-corrected chi connectivity index (χ1v) is 10.4. The first-order valence-electron chi connectivity index (χ1n) is 9.48. The fourth-order valence-corrected chi connectivity index (χ4v) is 4.23. The summed E-state index contributed by atoms with van der Waals surface area (Å²) in [5.41, 5.74) is 3.80. The Kier molecular flexibility index (Phi) is 5.53. The predicted octanol–water partition coefficient (Wildman–Crippen LogP) is 4.32. The van der Waals surface area contributed by atoms with E-state index < -0.39 is 0 Å². The average molecular weight is 404 g/mol. The molecule has 146 valence electrons. The van der Waals surface area contributed by atoms with Crippen molar-refractivity contribution in [3.63, 3.8) is 0 Å². The van der Waals surface area contributed by atoms with Crippen molar-refractivity contribution < 1.29 is 9.59 Å². The highest BCUT2D eigenvalue weighted by molar-refractivity contribution is 7.14. The Morgan fingerprint density at radius 3 is 2.76 bits per heavy atom. The number of carbonyl (C=O) groups is 2. The van der Waals surface area contributed by atoms with E-state index in [2.05, 4.69) is 23.3 Å². The second-order valence-corrected chi connectivity index (χ2v) is 7.86. The van der Waals surface area contributed by atoms with Gasteiger partial charge in [0.1, 0.15) is 0 Å². The summed E-state index contributed by atoms with van der Waals surface area (Å²) in [4.78, 5) is 31.2. The zero-order valence-corrected chi connectivity index (χ0v) is 16.9. The second kappa shape index (κ2) is 8.41. The van der Waals surface area contributed by atoms with Crippen LogP contribution >= 0.6 is 11.3 Å². The lowest BCUT2D eigenvalue weighted by Gasteiger charge is -2.22. The molecule has 0 saturated heterocycles. The highest BCUT2D eigenvalue weighted by atomic mass is 32.1. The number of nitrogens with one attached hydrogen (secondary N) is 1. The molecule has 1 atom stereocenters. The summed E-state index contributed by atoms with van der Waals surface area (Å²) in [7, 11) is 0. The summed E-state index contributed by atoms with van der Waals surface area (Å²) in [6, 6.07) is 17.8. The molecule has 6 heteroatoms. The molecular weight excluding hydrogens is 382 g/mol. The molecule has 0 saturated carbocycles. The lowest BCUT2D eigenvalue weighted by atomic mass is 10.1. The van der Waals surface area contributed by atoms with Gasteiger partial charge in [0, 0.05) is 23.2 Å². The summed E-state index contributed by atoms with van der Waals surface area (Å²) < 4.78 is 0. The van der Waals surface area contributed by atoms with Crippen LogP contribution in [-0.2, 0) is 22.4 Å². The number of hydrogen-bond acceptors (Lipinski definition) is 4. The van der Waals surface area contributed by atoms with Gasteiger partial charge in [-0.1, -0.05) is 48.5 Å². The molecule has 2 amide bonds. The Balaban J connectivity index is 1.37. The summed E-state index contributed by atoms with van der Waals surface area (Å²) in [6.45, 7) is 2.06. The van der Waals surface area contributed by atoms with Gasteiger partial charge in [-0.2, -0.15) is 0 Å². The molecule has 5 nitrogen and oxygen atoms in total.